The van der Waals surface area contributed by atoms with Crippen molar-refractivity contribution in [2.45, 2.75) is 13.0 Å². The fourth-order valence-electron chi connectivity index (χ4n) is 2.07. The minimum atomic E-state index is 0.339. The molecule has 6 nitrogen and oxygen atoms in total. The molecular weight excluding hydrogens is 270 g/mol. The number of carbonyl (C=O) groups excluding carboxylic acids is 1. The number of hydrogen-bond donors (Lipinski definition) is 0. The zero-order valence-corrected chi connectivity index (χ0v) is 12.1. The molecule has 0 atom stereocenters. The second kappa shape index (κ2) is 6.69. The van der Waals surface area contributed by atoms with Crippen LogP contribution >= 0.6 is 0 Å². The number of ether oxygens (including phenoxy) is 2. The van der Waals surface area contributed by atoms with E-state index in [-0.39, 0.29) is 0 Å². The average Bonchev–Trinajstić information content (AvgIpc) is 2.89. The van der Waals surface area contributed by atoms with Crippen LogP contribution in [0, 0.1) is 0 Å². The zero-order chi connectivity index (χ0) is 15.2. The first-order chi connectivity index (χ1) is 10.2. The van der Waals surface area contributed by atoms with Gasteiger partial charge in [0.05, 0.1) is 26.5 Å². The Kier molecular flexibility index (Phi) is 4.71. The maximum atomic E-state index is 11.1. The summed E-state index contributed by atoms with van der Waals surface area (Å²) in [5, 5.41) is 7.82. The summed E-state index contributed by atoms with van der Waals surface area (Å²) in [4.78, 5) is 11.1. The molecule has 0 aliphatic carbocycles. The highest BCUT2D eigenvalue weighted by Crippen LogP contribution is 2.28. The van der Waals surface area contributed by atoms with Gasteiger partial charge in [0, 0.05) is 6.42 Å². The van der Waals surface area contributed by atoms with Crippen LogP contribution in [0.4, 0.5) is 0 Å². The smallest absolute Gasteiger partial charge is 0.172 e. The standard InChI is InChI=1S/C15H17N3O3/c1-4-7-18-13(12(10-19)16-17-18)8-11-5-6-14(20-2)15(9-11)21-3/h4-6,9-10H,1,7-8H2,2-3H3. The lowest BCUT2D eigenvalue weighted by Crippen LogP contribution is -2.06. The van der Waals surface area contributed by atoms with Crippen LogP contribution in [0.2, 0.25) is 0 Å². The van der Waals surface area contributed by atoms with Gasteiger partial charge in [0.25, 0.3) is 0 Å². The van der Waals surface area contributed by atoms with Crippen LogP contribution in [0.25, 0.3) is 0 Å². The molecule has 0 radical (unpaired) electrons. The van der Waals surface area contributed by atoms with Gasteiger partial charge < -0.3 is 9.47 Å². The molecule has 1 aromatic carbocycles. The molecule has 110 valence electrons. The number of rotatable bonds is 7. The minimum absolute atomic E-state index is 0.339. The maximum Gasteiger partial charge on any atom is 0.172 e. The molecule has 0 unspecified atom stereocenters. The number of methoxy groups -OCH3 is 2. The van der Waals surface area contributed by atoms with Crippen molar-refractivity contribution in [3.63, 3.8) is 0 Å². The van der Waals surface area contributed by atoms with E-state index in [1.54, 1.807) is 25.0 Å². The minimum Gasteiger partial charge on any atom is -0.493 e. The van der Waals surface area contributed by atoms with E-state index in [4.69, 9.17) is 9.47 Å². The Labute approximate surface area is 123 Å². The van der Waals surface area contributed by atoms with Gasteiger partial charge in [0.2, 0.25) is 0 Å². The highest BCUT2D eigenvalue weighted by Gasteiger charge is 2.13. The Morgan fingerprint density at radius 2 is 2.05 bits per heavy atom. The van der Waals surface area contributed by atoms with Gasteiger partial charge in [-0.2, -0.15) is 0 Å². The lowest BCUT2D eigenvalue weighted by Gasteiger charge is -2.10. The lowest BCUT2D eigenvalue weighted by atomic mass is 10.1. The van der Waals surface area contributed by atoms with Gasteiger partial charge in [-0.15, -0.1) is 11.7 Å². The van der Waals surface area contributed by atoms with E-state index in [0.29, 0.717) is 36.4 Å². The highest BCUT2D eigenvalue weighted by molar-refractivity contribution is 5.73. The molecule has 0 fully saturated rings. The number of carbonyl (C=O) groups is 1. The van der Waals surface area contributed by atoms with Crippen molar-refractivity contribution in [2.75, 3.05) is 14.2 Å². The highest BCUT2D eigenvalue weighted by atomic mass is 16.5. The molecule has 0 saturated carbocycles. The van der Waals surface area contributed by atoms with Crippen LogP contribution in [-0.4, -0.2) is 35.5 Å². The molecule has 0 amide bonds. The summed E-state index contributed by atoms with van der Waals surface area (Å²) >= 11 is 0. The van der Waals surface area contributed by atoms with Crippen LogP contribution in [0.15, 0.2) is 30.9 Å². The molecule has 1 aromatic heterocycles. The molecule has 1 heterocycles. The van der Waals surface area contributed by atoms with Crippen LogP contribution < -0.4 is 9.47 Å². The number of allylic oxidation sites excluding steroid dienone is 1. The molecule has 2 aromatic rings. The number of aldehydes is 1. The molecule has 6 heteroatoms. The quantitative estimate of drug-likeness (QED) is 0.574. The third kappa shape index (κ3) is 3.10. The second-order valence-electron chi connectivity index (χ2n) is 4.38. The predicted octanol–water partition coefficient (Wildman–Crippen LogP) is 1.88. The zero-order valence-electron chi connectivity index (χ0n) is 12.1. The van der Waals surface area contributed by atoms with Crippen molar-refractivity contribution >= 4 is 6.29 Å². The van der Waals surface area contributed by atoms with E-state index in [1.165, 1.54) is 0 Å². The SMILES string of the molecule is C=CCn1nnc(C=O)c1Cc1ccc(OC)c(OC)c1. The van der Waals surface area contributed by atoms with Crippen molar-refractivity contribution in [1.29, 1.82) is 0 Å². The largest absolute Gasteiger partial charge is 0.493 e. The summed E-state index contributed by atoms with van der Waals surface area (Å²) in [6, 6.07) is 5.62. The summed E-state index contributed by atoms with van der Waals surface area (Å²) in [6.07, 6.45) is 2.94. The summed E-state index contributed by atoms with van der Waals surface area (Å²) in [6.45, 7) is 4.18. The molecule has 0 aliphatic rings. The van der Waals surface area contributed by atoms with Crippen LogP contribution in [0.3, 0.4) is 0 Å². The first-order valence-electron chi connectivity index (χ1n) is 6.42. The van der Waals surface area contributed by atoms with Crippen molar-refractivity contribution < 1.29 is 14.3 Å². The molecular formula is C15H17N3O3. The lowest BCUT2D eigenvalue weighted by molar-refractivity contribution is 0.111. The van der Waals surface area contributed by atoms with Crippen molar-refractivity contribution in [3.8, 4) is 11.5 Å². The van der Waals surface area contributed by atoms with E-state index in [9.17, 15) is 4.79 Å². The Hall–Kier alpha value is -2.63. The monoisotopic (exact) mass is 287 g/mol. The molecule has 0 aliphatic heterocycles. The summed E-state index contributed by atoms with van der Waals surface area (Å²) < 4.78 is 12.2. The number of aromatic nitrogens is 3. The third-order valence-corrected chi connectivity index (χ3v) is 3.10. The summed E-state index contributed by atoms with van der Waals surface area (Å²) in [5.74, 6) is 1.31. The fraction of sp³-hybridized carbons (Fsp3) is 0.267. The Morgan fingerprint density at radius 3 is 2.67 bits per heavy atom. The van der Waals surface area contributed by atoms with Crippen LogP contribution in [0.1, 0.15) is 21.7 Å². The first kappa shape index (κ1) is 14.8. The van der Waals surface area contributed by atoms with Gasteiger partial charge in [-0.25, -0.2) is 4.68 Å². The van der Waals surface area contributed by atoms with Gasteiger partial charge in [0.15, 0.2) is 17.8 Å². The third-order valence-electron chi connectivity index (χ3n) is 3.10. The van der Waals surface area contributed by atoms with Gasteiger partial charge in [0.1, 0.15) is 5.69 Å². The molecule has 0 bridgehead atoms. The van der Waals surface area contributed by atoms with E-state index in [1.807, 2.05) is 18.2 Å². The second-order valence-corrected chi connectivity index (χ2v) is 4.38. The Bertz CT molecular complexity index is 650. The van der Waals surface area contributed by atoms with Gasteiger partial charge in [-0.05, 0) is 17.7 Å². The normalized spacial score (nSPS) is 10.2. The fourth-order valence-corrected chi connectivity index (χ4v) is 2.07. The van der Waals surface area contributed by atoms with Crippen molar-refractivity contribution in [3.05, 3.63) is 47.8 Å². The molecule has 2 rings (SSSR count). The Morgan fingerprint density at radius 1 is 1.29 bits per heavy atom. The molecule has 0 spiro atoms. The first-order valence-corrected chi connectivity index (χ1v) is 6.42. The number of hydrogen-bond acceptors (Lipinski definition) is 5. The van der Waals surface area contributed by atoms with E-state index in [0.717, 1.165) is 11.3 Å². The summed E-state index contributed by atoms with van der Waals surface area (Å²) in [7, 11) is 3.17. The van der Waals surface area contributed by atoms with E-state index < -0.39 is 0 Å². The van der Waals surface area contributed by atoms with Crippen LogP contribution in [0.5, 0.6) is 11.5 Å². The van der Waals surface area contributed by atoms with Crippen molar-refractivity contribution in [2.24, 2.45) is 0 Å². The van der Waals surface area contributed by atoms with Crippen LogP contribution in [-0.2, 0) is 13.0 Å². The van der Waals surface area contributed by atoms with E-state index in [2.05, 4.69) is 16.9 Å². The Balaban J connectivity index is 2.35. The molecule has 21 heavy (non-hydrogen) atoms. The van der Waals surface area contributed by atoms with E-state index >= 15 is 0 Å². The number of benzene rings is 1. The maximum absolute atomic E-state index is 11.1. The van der Waals surface area contributed by atoms with Gasteiger partial charge in [-0.1, -0.05) is 17.4 Å². The number of nitrogens with zero attached hydrogens (tertiary/aromatic N) is 3. The van der Waals surface area contributed by atoms with Gasteiger partial charge in [-0.3, -0.25) is 4.79 Å². The van der Waals surface area contributed by atoms with Gasteiger partial charge >= 0.3 is 0 Å². The molecule has 0 N–H and O–H groups in total. The average molecular weight is 287 g/mol. The molecule has 0 saturated heterocycles. The van der Waals surface area contributed by atoms with Crippen molar-refractivity contribution in [1.82, 2.24) is 15.0 Å². The predicted molar refractivity (Wildman–Crippen MR) is 78.0 cm³/mol. The topological polar surface area (TPSA) is 66.2 Å². The summed E-state index contributed by atoms with van der Waals surface area (Å²) in [5.41, 5.74) is 2.06.